The summed E-state index contributed by atoms with van der Waals surface area (Å²) >= 11 is 0. The number of halogens is 16. The highest BCUT2D eigenvalue weighted by molar-refractivity contribution is 6.98. The van der Waals surface area contributed by atoms with Gasteiger partial charge in [0, 0.05) is 25.5 Å². The lowest BCUT2D eigenvalue weighted by molar-refractivity contribution is -0.520. The first-order valence-corrected chi connectivity index (χ1v) is 12.3. The van der Waals surface area contributed by atoms with Gasteiger partial charge in [-0.1, -0.05) is 10.9 Å². The largest absolute Gasteiger partial charge is 0.564 e. The molecule has 2 aliphatic heterocycles. The van der Waals surface area contributed by atoms with E-state index < -0.39 is 124 Å². The molecule has 0 spiro atoms. The SMILES string of the molecule is CC1=[N+](C)[C@@H](C)C([C@@H]2C[B-](c3c(F)c(F)c(F)c(F)c3F)(c3c(F)c(F)c(F)c(F)c3F)OC(C(F)(F)F)(C(F)(F)F)C2)=C1. The van der Waals surface area contributed by atoms with Gasteiger partial charge in [-0.05, 0) is 12.3 Å². The van der Waals surface area contributed by atoms with E-state index in [-0.39, 0.29) is 5.71 Å². The van der Waals surface area contributed by atoms with Crippen LogP contribution in [0.3, 0.4) is 0 Å². The molecule has 2 heterocycles. The van der Waals surface area contributed by atoms with Crippen LogP contribution in [0.2, 0.25) is 6.32 Å². The van der Waals surface area contributed by atoms with Crippen molar-refractivity contribution in [2.75, 3.05) is 7.05 Å². The fourth-order valence-electron chi connectivity index (χ4n) is 6.06. The Morgan fingerprint density at radius 2 is 1.02 bits per heavy atom. The van der Waals surface area contributed by atoms with Crippen molar-refractivity contribution in [1.82, 2.24) is 0 Å². The zero-order valence-electron chi connectivity index (χ0n) is 22.1. The van der Waals surface area contributed by atoms with Crippen molar-refractivity contribution in [2.24, 2.45) is 5.92 Å². The van der Waals surface area contributed by atoms with Gasteiger partial charge in [0.2, 0.25) is 5.60 Å². The Morgan fingerprint density at radius 3 is 1.32 bits per heavy atom. The van der Waals surface area contributed by atoms with Gasteiger partial charge in [-0.3, -0.25) is 0 Å². The van der Waals surface area contributed by atoms with Crippen LogP contribution in [0.25, 0.3) is 0 Å². The van der Waals surface area contributed by atoms with Crippen LogP contribution < -0.4 is 10.9 Å². The molecule has 1 fully saturated rings. The Bertz CT molecular complexity index is 1480. The van der Waals surface area contributed by atoms with E-state index in [4.69, 9.17) is 0 Å². The zero-order chi connectivity index (χ0) is 33.6. The molecule has 0 amide bonds. The predicted molar refractivity (Wildman–Crippen MR) is 121 cm³/mol. The van der Waals surface area contributed by atoms with E-state index in [1.807, 2.05) is 0 Å². The van der Waals surface area contributed by atoms with Gasteiger partial charge in [0.1, 0.15) is 30.3 Å². The third-order valence-electron chi connectivity index (χ3n) is 8.36. The fourth-order valence-corrected chi connectivity index (χ4v) is 6.06. The third-order valence-corrected chi connectivity index (χ3v) is 8.36. The zero-order valence-corrected chi connectivity index (χ0v) is 22.1. The summed E-state index contributed by atoms with van der Waals surface area (Å²) in [6.45, 7) is 2.53. The minimum atomic E-state index is -6.72. The average molecular weight is 661 g/mol. The predicted octanol–water partition coefficient (Wildman–Crippen LogP) is 6.47. The van der Waals surface area contributed by atoms with E-state index in [9.17, 15) is 52.7 Å². The van der Waals surface area contributed by atoms with Crippen LogP contribution in [-0.2, 0) is 4.65 Å². The molecule has 0 bridgehead atoms. The Morgan fingerprint density at radius 1 is 0.682 bits per heavy atom. The quantitative estimate of drug-likeness (QED) is 0.121. The normalized spacial score (nSPS) is 22.1. The standard InChI is InChI=1S/C25H16BF16NO/c1-7-4-10(8(2)43(7)3)9-5-23(24(37,38)39,25(40,41)42)44-26(6-9,11-13(27)17(31)21(35)18(32)14(11)28)12-15(29)19(33)22(36)20(34)16(12)30/h4,8-9H,5-6H2,1-3H3/t8-,9-/m0/s1. The van der Waals surface area contributed by atoms with Crippen molar-refractivity contribution in [2.45, 2.75) is 50.6 Å². The van der Waals surface area contributed by atoms with Crippen molar-refractivity contribution >= 4 is 23.0 Å². The highest BCUT2D eigenvalue weighted by Crippen LogP contribution is 2.56. The molecule has 2 atom stereocenters. The molecule has 1 saturated heterocycles. The lowest BCUT2D eigenvalue weighted by Crippen LogP contribution is -2.77. The first-order valence-electron chi connectivity index (χ1n) is 12.3. The van der Waals surface area contributed by atoms with Crippen LogP contribution >= 0.6 is 0 Å². The van der Waals surface area contributed by atoms with Crippen LogP contribution in [0.4, 0.5) is 70.2 Å². The molecule has 0 unspecified atom stereocenters. The molecule has 0 N–H and O–H groups in total. The first-order chi connectivity index (χ1) is 20.0. The first kappa shape index (κ1) is 33.6. The summed E-state index contributed by atoms with van der Waals surface area (Å²) in [6.07, 6.45) is -22.4. The second-order valence-corrected chi connectivity index (χ2v) is 10.6. The van der Waals surface area contributed by atoms with Gasteiger partial charge in [0.05, 0.1) is 0 Å². The van der Waals surface area contributed by atoms with E-state index in [0.29, 0.717) is 0 Å². The molecule has 0 radical (unpaired) electrons. The van der Waals surface area contributed by atoms with Crippen LogP contribution in [0.15, 0.2) is 11.6 Å². The molecule has 2 nitrogen and oxygen atoms in total. The van der Waals surface area contributed by atoms with Crippen LogP contribution in [-0.4, -0.2) is 47.7 Å². The summed E-state index contributed by atoms with van der Waals surface area (Å²) in [4.78, 5) is 0. The summed E-state index contributed by atoms with van der Waals surface area (Å²) in [5.41, 5.74) is -11.5. The van der Waals surface area contributed by atoms with E-state index in [0.717, 1.165) is 6.08 Å². The lowest BCUT2D eigenvalue weighted by atomic mass is 9.26. The monoisotopic (exact) mass is 661 g/mol. The van der Waals surface area contributed by atoms with Gasteiger partial charge >= 0.3 is 12.4 Å². The molecule has 0 aliphatic carbocycles. The molecule has 2 aromatic rings. The molecular weight excluding hydrogens is 645 g/mol. The highest BCUT2D eigenvalue weighted by atomic mass is 19.4. The van der Waals surface area contributed by atoms with Gasteiger partial charge in [0.25, 0.3) is 0 Å². The maximum atomic E-state index is 15.3. The fraction of sp³-hybridized carbons (Fsp3) is 0.400. The third kappa shape index (κ3) is 4.50. The van der Waals surface area contributed by atoms with Gasteiger partial charge in [-0.2, -0.15) is 26.3 Å². The van der Waals surface area contributed by atoms with Crippen molar-refractivity contribution in [3.63, 3.8) is 0 Å². The van der Waals surface area contributed by atoms with Gasteiger partial charge < -0.3 is 4.65 Å². The second kappa shape index (κ2) is 10.4. The number of allylic oxidation sites excluding steroid dienone is 1. The van der Waals surface area contributed by atoms with Crippen molar-refractivity contribution in [3.8, 4) is 0 Å². The number of likely N-dealkylation sites (N-methyl/N-ethyl adjacent to an activating group) is 1. The molecule has 2 aromatic carbocycles. The van der Waals surface area contributed by atoms with Crippen molar-refractivity contribution < 1.29 is 79.5 Å². The molecule has 44 heavy (non-hydrogen) atoms. The number of hydrogen-bond donors (Lipinski definition) is 0. The van der Waals surface area contributed by atoms with Gasteiger partial charge in [0.15, 0.2) is 53.0 Å². The summed E-state index contributed by atoms with van der Waals surface area (Å²) in [5, 5.41) is 0. The van der Waals surface area contributed by atoms with Crippen LogP contribution in [0.5, 0.6) is 0 Å². The Balaban J connectivity index is 2.30. The molecular formula is C25H16BF16NO. The molecule has 242 valence electrons. The summed E-state index contributed by atoms with van der Waals surface area (Å²) in [5.74, 6) is -33.4. The molecule has 4 rings (SSSR count). The lowest BCUT2D eigenvalue weighted by Gasteiger charge is -2.58. The summed E-state index contributed by atoms with van der Waals surface area (Å²) in [7, 11) is 1.30. The van der Waals surface area contributed by atoms with Crippen LogP contribution in [0.1, 0.15) is 20.3 Å². The van der Waals surface area contributed by atoms with Crippen LogP contribution in [0, 0.1) is 64.1 Å². The maximum Gasteiger partial charge on any atom is 0.422 e. The number of nitrogens with zero attached hydrogens (tertiary/aromatic N) is 1. The topological polar surface area (TPSA) is 12.2 Å². The van der Waals surface area contributed by atoms with E-state index in [1.165, 1.54) is 25.5 Å². The van der Waals surface area contributed by atoms with Crippen molar-refractivity contribution in [3.05, 3.63) is 69.8 Å². The van der Waals surface area contributed by atoms with Crippen molar-refractivity contribution in [1.29, 1.82) is 0 Å². The second-order valence-electron chi connectivity index (χ2n) is 10.6. The number of hydrogen-bond acceptors (Lipinski definition) is 1. The minimum absolute atomic E-state index is 0.175. The van der Waals surface area contributed by atoms with E-state index >= 15 is 17.6 Å². The highest BCUT2D eigenvalue weighted by Gasteiger charge is 2.74. The number of benzene rings is 2. The average Bonchev–Trinajstić information content (AvgIpc) is 3.18. The van der Waals surface area contributed by atoms with Gasteiger partial charge in [-0.25, -0.2) is 48.5 Å². The van der Waals surface area contributed by atoms with Gasteiger partial charge in [-0.15, -0.1) is 6.32 Å². The minimum Gasteiger partial charge on any atom is -0.564 e. The Kier molecular flexibility index (Phi) is 7.96. The van der Waals surface area contributed by atoms with E-state index in [1.54, 1.807) is 0 Å². The maximum absolute atomic E-state index is 15.3. The summed E-state index contributed by atoms with van der Waals surface area (Å²) < 4.78 is 240. The molecule has 0 aromatic heterocycles. The molecule has 19 heteroatoms. The number of alkyl halides is 6. The van der Waals surface area contributed by atoms with E-state index in [2.05, 4.69) is 4.65 Å². The summed E-state index contributed by atoms with van der Waals surface area (Å²) in [6, 6.07) is -1.14. The molecule has 2 aliphatic rings. The molecule has 0 saturated carbocycles. The number of rotatable bonds is 3. The Hall–Kier alpha value is -3.25. The Labute approximate surface area is 236 Å². The smallest absolute Gasteiger partial charge is 0.422 e.